The Morgan fingerprint density at radius 2 is 1.85 bits per heavy atom. The van der Waals surface area contributed by atoms with E-state index in [0.717, 1.165) is 16.9 Å². The van der Waals surface area contributed by atoms with Crippen molar-refractivity contribution in [3.63, 3.8) is 0 Å². The van der Waals surface area contributed by atoms with Crippen LogP contribution in [0, 0.1) is 6.92 Å². The minimum absolute atomic E-state index is 0.0284. The maximum atomic E-state index is 12.6. The molecule has 1 amide bonds. The monoisotopic (exact) mass is 468 g/mol. The maximum Gasteiger partial charge on any atom is 0.272 e. The molecule has 9 heteroatoms. The van der Waals surface area contributed by atoms with Crippen LogP contribution in [0.25, 0.3) is 11.0 Å². The number of aryl methyl sites for hydroxylation is 1. The molecule has 0 saturated carbocycles. The first kappa shape index (κ1) is 24.5. The summed E-state index contributed by atoms with van der Waals surface area (Å²) >= 11 is -1.44. The smallest absolute Gasteiger partial charge is 0.272 e. The van der Waals surface area contributed by atoms with Crippen LogP contribution in [-0.2, 0) is 18.0 Å². The van der Waals surface area contributed by atoms with Crippen LogP contribution in [0.4, 0.5) is 0 Å². The number of aromatic nitrogens is 2. The normalized spacial score (nSPS) is 13.1. The van der Waals surface area contributed by atoms with Crippen molar-refractivity contribution in [2.75, 3.05) is 7.11 Å². The number of carbonyl (C=O) groups is 1. The summed E-state index contributed by atoms with van der Waals surface area (Å²) in [6.07, 6.45) is 0. The highest BCUT2D eigenvalue weighted by molar-refractivity contribution is 7.91. The number of ether oxygens (including phenoxy) is 2. The quantitative estimate of drug-likeness (QED) is 0.414. The predicted molar refractivity (Wildman–Crippen MR) is 130 cm³/mol. The van der Waals surface area contributed by atoms with Crippen LogP contribution in [0.1, 0.15) is 54.9 Å². The Hall–Kier alpha value is -3.17. The van der Waals surface area contributed by atoms with Crippen LogP contribution in [0.15, 0.2) is 40.8 Å². The zero-order chi connectivity index (χ0) is 24.3. The fourth-order valence-corrected chi connectivity index (χ4v) is 3.63. The number of benzene rings is 2. The molecular weight excluding hydrogens is 440 g/mol. The topological polar surface area (TPSA) is 123 Å². The summed E-state index contributed by atoms with van der Waals surface area (Å²) in [6.45, 7) is 9.41. The molecular formula is C24H28N4O4S. The molecule has 0 spiro atoms. The Kier molecular flexibility index (Phi) is 7.24. The molecule has 0 aliphatic heterocycles. The number of rotatable bonds is 7. The molecule has 0 fully saturated rings. The van der Waals surface area contributed by atoms with E-state index in [1.807, 2.05) is 58.0 Å². The van der Waals surface area contributed by atoms with E-state index in [1.54, 1.807) is 20.1 Å². The van der Waals surface area contributed by atoms with E-state index in [2.05, 4.69) is 14.4 Å². The largest absolute Gasteiger partial charge is 0.591 e. The van der Waals surface area contributed by atoms with Gasteiger partial charge in [-0.2, -0.15) is 0 Å². The van der Waals surface area contributed by atoms with Crippen molar-refractivity contribution in [3.8, 4) is 11.6 Å². The standard InChI is InChI=1S/C24H28N4O4S/c1-14-11-18(15(2)28-33(30)24(3,4)5)20-19(12-14)26-21(22(25)29)23(27-20)32-13-16-7-9-17(31-6)10-8-16/h7-12H,13H2,1-6H3,(H2,25,29). The van der Waals surface area contributed by atoms with Crippen molar-refractivity contribution in [1.82, 2.24) is 9.97 Å². The Balaban J connectivity index is 2.06. The third kappa shape index (κ3) is 5.80. The van der Waals surface area contributed by atoms with E-state index in [4.69, 9.17) is 15.2 Å². The van der Waals surface area contributed by atoms with Crippen LogP contribution >= 0.6 is 0 Å². The number of methoxy groups -OCH3 is 1. The number of primary amides is 1. The second-order valence-electron chi connectivity index (χ2n) is 8.60. The highest BCUT2D eigenvalue weighted by Gasteiger charge is 2.27. The maximum absolute atomic E-state index is 12.6. The van der Waals surface area contributed by atoms with E-state index >= 15 is 0 Å². The molecule has 8 nitrogen and oxygen atoms in total. The van der Waals surface area contributed by atoms with Gasteiger partial charge in [0.15, 0.2) is 5.69 Å². The first-order valence-corrected chi connectivity index (χ1v) is 11.5. The Bertz CT molecular complexity index is 1200. The van der Waals surface area contributed by atoms with E-state index in [9.17, 15) is 9.35 Å². The number of nitrogens with two attached hydrogens (primary N) is 1. The minimum atomic E-state index is -1.44. The van der Waals surface area contributed by atoms with Gasteiger partial charge in [0.1, 0.15) is 34.0 Å². The van der Waals surface area contributed by atoms with Crippen molar-refractivity contribution in [3.05, 3.63) is 58.8 Å². The van der Waals surface area contributed by atoms with Crippen LogP contribution < -0.4 is 15.2 Å². The van der Waals surface area contributed by atoms with Gasteiger partial charge in [-0.3, -0.25) is 4.79 Å². The van der Waals surface area contributed by atoms with Crippen LogP contribution in [0.3, 0.4) is 0 Å². The zero-order valence-electron chi connectivity index (χ0n) is 19.6. The van der Waals surface area contributed by atoms with Crippen molar-refractivity contribution in [2.24, 2.45) is 10.1 Å². The second kappa shape index (κ2) is 9.76. The summed E-state index contributed by atoms with van der Waals surface area (Å²) in [5.41, 5.74) is 9.44. The number of carbonyl (C=O) groups excluding carboxylic acids is 1. The number of hydrogen-bond donors (Lipinski definition) is 1. The fraction of sp³-hybridized carbons (Fsp3) is 0.333. The van der Waals surface area contributed by atoms with Gasteiger partial charge in [-0.1, -0.05) is 16.5 Å². The summed E-state index contributed by atoms with van der Waals surface area (Å²) < 4.78 is 27.5. The Morgan fingerprint density at radius 1 is 1.18 bits per heavy atom. The summed E-state index contributed by atoms with van der Waals surface area (Å²) in [5.74, 6) is 0.0153. The molecule has 0 bridgehead atoms. The average molecular weight is 469 g/mol. The lowest BCUT2D eigenvalue weighted by Crippen LogP contribution is -2.26. The third-order valence-electron chi connectivity index (χ3n) is 4.78. The fourth-order valence-electron chi connectivity index (χ4n) is 3.01. The van der Waals surface area contributed by atoms with Gasteiger partial charge in [0.2, 0.25) is 5.88 Å². The predicted octanol–water partition coefficient (Wildman–Crippen LogP) is 3.90. The molecule has 0 aliphatic rings. The van der Waals surface area contributed by atoms with Gasteiger partial charge < -0.3 is 19.8 Å². The molecule has 1 unspecified atom stereocenters. The number of hydrogen-bond acceptors (Lipinski definition) is 7. The molecule has 33 heavy (non-hydrogen) atoms. The SMILES string of the molecule is COc1ccc(COc2nc3c(C(C)=N[S+]([O-])C(C)(C)C)cc(C)cc3nc2C(N)=O)cc1. The summed E-state index contributed by atoms with van der Waals surface area (Å²) in [5, 5.41) is 0. The van der Waals surface area contributed by atoms with Crippen molar-refractivity contribution in [1.29, 1.82) is 0 Å². The number of fused-ring (bicyclic) bond motifs is 1. The molecule has 174 valence electrons. The molecule has 1 atom stereocenters. The van der Waals surface area contributed by atoms with E-state index in [1.165, 1.54) is 0 Å². The van der Waals surface area contributed by atoms with Gasteiger partial charge in [0.25, 0.3) is 5.91 Å². The van der Waals surface area contributed by atoms with Crippen LogP contribution in [0.5, 0.6) is 11.6 Å². The summed E-state index contributed by atoms with van der Waals surface area (Å²) in [4.78, 5) is 21.1. The van der Waals surface area contributed by atoms with Gasteiger partial charge in [0.05, 0.1) is 18.3 Å². The molecule has 0 saturated heterocycles. The molecule has 3 rings (SSSR count). The van der Waals surface area contributed by atoms with Gasteiger partial charge in [-0.15, -0.1) is 0 Å². The van der Waals surface area contributed by atoms with E-state index in [-0.39, 0.29) is 18.2 Å². The van der Waals surface area contributed by atoms with Crippen molar-refractivity contribution >= 4 is 34.0 Å². The molecule has 2 aromatic carbocycles. The molecule has 0 aliphatic carbocycles. The average Bonchev–Trinajstić information content (AvgIpc) is 2.76. The molecule has 2 N–H and O–H groups in total. The number of nitrogens with zero attached hydrogens (tertiary/aromatic N) is 3. The van der Waals surface area contributed by atoms with E-state index < -0.39 is 22.0 Å². The Labute approximate surface area is 196 Å². The van der Waals surface area contributed by atoms with Crippen molar-refractivity contribution in [2.45, 2.75) is 46.0 Å². The first-order valence-electron chi connectivity index (χ1n) is 10.3. The van der Waals surface area contributed by atoms with Gasteiger partial charge in [-0.05, 0) is 70.0 Å². The lowest BCUT2D eigenvalue weighted by Gasteiger charge is -2.19. The van der Waals surface area contributed by atoms with Crippen LogP contribution in [0.2, 0.25) is 0 Å². The Morgan fingerprint density at radius 3 is 2.42 bits per heavy atom. The van der Waals surface area contributed by atoms with Crippen LogP contribution in [-0.4, -0.2) is 38.0 Å². The summed E-state index contributed by atoms with van der Waals surface area (Å²) in [6, 6.07) is 11.0. The van der Waals surface area contributed by atoms with E-state index in [0.29, 0.717) is 22.3 Å². The lowest BCUT2D eigenvalue weighted by atomic mass is 10.1. The molecule has 1 aromatic heterocycles. The molecule has 1 heterocycles. The summed E-state index contributed by atoms with van der Waals surface area (Å²) in [7, 11) is 1.59. The lowest BCUT2D eigenvalue weighted by molar-refractivity contribution is 0.0990. The number of amides is 1. The van der Waals surface area contributed by atoms with Crippen molar-refractivity contribution < 1.29 is 18.8 Å². The highest BCUT2D eigenvalue weighted by atomic mass is 32.2. The molecule has 0 radical (unpaired) electrons. The van der Waals surface area contributed by atoms with Gasteiger partial charge in [-0.25, -0.2) is 9.97 Å². The van der Waals surface area contributed by atoms with Gasteiger partial charge in [0, 0.05) is 5.56 Å². The molecule has 3 aromatic rings. The minimum Gasteiger partial charge on any atom is -0.591 e. The highest BCUT2D eigenvalue weighted by Crippen LogP contribution is 2.26. The second-order valence-corrected chi connectivity index (χ2v) is 10.5. The third-order valence-corrected chi connectivity index (χ3v) is 6.27. The van der Waals surface area contributed by atoms with Gasteiger partial charge >= 0.3 is 0 Å². The zero-order valence-corrected chi connectivity index (χ0v) is 20.4. The first-order chi connectivity index (χ1) is 15.5.